The number of ketones is 1. The Kier molecular flexibility index (Phi) is 8.82. The number of aryl methyl sites for hydroxylation is 4. The first-order chi connectivity index (χ1) is 19.3. The third-order valence-corrected chi connectivity index (χ3v) is 10.2. The van der Waals surface area contributed by atoms with Crippen LogP contribution in [0.4, 0.5) is 5.82 Å². The zero-order chi connectivity index (χ0) is 30.1. The van der Waals surface area contributed by atoms with Crippen LogP contribution in [0.1, 0.15) is 93.4 Å². The fourth-order valence-electron chi connectivity index (χ4n) is 5.57. The summed E-state index contributed by atoms with van der Waals surface area (Å²) < 4.78 is 26.2. The van der Waals surface area contributed by atoms with Crippen molar-refractivity contribution in [1.82, 2.24) is 14.6 Å². The summed E-state index contributed by atoms with van der Waals surface area (Å²) in [6.07, 6.45) is 8.73. The van der Waals surface area contributed by atoms with Crippen LogP contribution in [0.5, 0.6) is 0 Å². The van der Waals surface area contributed by atoms with Crippen LogP contribution in [0, 0.1) is 25.2 Å². The number of aromatic nitrogens is 3. The first-order valence-corrected chi connectivity index (χ1v) is 16.0. The van der Waals surface area contributed by atoms with Gasteiger partial charge in [0.2, 0.25) is 5.91 Å². The summed E-state index contributed by atoms with van der Waals surface area (Å²) in [4.78, 5) is 36.5. The molecule has 0 saturated carbocycles. The molecule has 0 spiro atoms. The average molecular weight is 580 g/mol. The molecule has 2 heterocycles. The molecule has 4 rings (SSSR count). The molecule has 2 aromatic rings. The first-order valence-electron chi connectivity index (χ1n) is 14.4. The Hall–Kier alpha value is -3.40. The van der Waals surface area contributed by atoms with Gasteiger partial charge in [0.25, 0.3) is 0 Å². The quantitative estimate of drug-likeness (QED) is 0.390. The highest BCUT2D eigenvalue weighted by Gasteiger charge is 2.43. The van der Waals surface area contributed by atoms with Gasteiger partial charge in [0.15, 0.2) is 15.6 Å². The van der Waals surface area contributed by atoms with Crippen LogP contribution in [0.2, 0.25) is 0 Å². The van der Waals surface area contributed by atoms with Gasteiger partial charge in [0.05, 0.1) is 28.8 Å². The Morgan fingerprint density at radius 1 is 1.22 bits per heavy atom. The van der Waals surface area contributed by atoms with E-state index in [0.717, 1.165) is 41.2 Å². The third-order valence-electron chi connectivity index (χ3n) is 8.33. The predicted molar refractivity (Wildman–Crippen MR) is 162 cm³/mol. The van der Waals surface area contributed by atoms with E-state index in [1.807, 2.05) is 40.8 Å². The number of fused-ring (bicyclic) bond motifs is 1. The Bertz CT molecular complexity index is 1580. The number of pyridine rings is 1. The fourth-order valence-corrected chi connectivity index (χ4v) is 6.72. The van der Waals surface area contributed by atoms with Crippen molar-refractivity contribution in [3.63, 3.8) is 0 Å². The van der Waals surface area contributed by atoms with Crippen LogP contribution < -0.4 is 5.32 Å². The van der Waals surface area contributed by atoms with Gasteiger partial charge in [-0.15, -0.1) is 0 Å². The smallest absolute Gasteiger partial charge is 0.229 e. The van der Waals surface area contributed by atoms with E-state index in [4.69, 9.17) is 5.10 Å². The molecule has 0 saturated heterocycles. The molecule has 9 nitrogen and oxygen atoms in total. The van der Waals surface area contributed by atoms with E-state index in [-0.39, 0.29) is 29.8 Å². The van der Waals surface area contributed by atoms with Gasteiger partial charge in [-0.05, 0) is 77.0 Å². The standard InChI is InChI=1S/C31H41N5O4S/c1-8-10-27-32-21(5)18-36(27)35-22(6)31(7)14-13-25-29(30(31)38)20(4)16-26(33-25)34-28(37)17-23-11-12-24(15-19(23)3)41(39,40)9-2/h11-12,16,18-19H,8-10,13-15,17H2,1-7H3,(H,33,34,37)/b35-22+. The van der Waals surface area contributed by atoms with E-state index in [1.165, 1.54) is 0 Å². The summed E-state index contributed by atoms with van der Waals surface area (Å²) in [7, 11) is -3.24. The van der Waals surface area contributed by atoms with Gasteiger partial charge in [0.1, 0.15) is 11.6 Å². The summed E-state index contributed by atoms with van der Waals surface area (Å²) in [5.41, 5.74) is 3.78. The molecule has 2 unspecified atom stereocenters. The van der Waals surface area contributed by atoms with Crippen molar-refractivity contribution in [3.8, 4) is 0 Å². The van der Waals surface area contributed by atoms with Crippen LogP contribution in [0.15, 0.2) is 40.0 Å². The summed E-state index contributed by atoms with van der Waals surface area (Å²) in [6.45, 7) is 13.3. The number of rotatable bonds is 9. The van der Waals surface area contributed by atoms with Gasteiger partial charge in [-0.25, -0.2) is 23.1 Å². The van der Waals surface area contributed by atoms with Gasteiger partial charge in [-0.3, -0.25) is 9.59 Å². The lowest BCUT2D eigenvalue weighted by Crippen LogP contribution is -2.40. The van der Waals surface area contributed by atoms with E-state index in [1.54, 1.807) is 29.8 Å². The summed E-state index contributed by atoms with van der Waals surface area (Å²) >= 11 is 0. The molecule has 2 aliphatic carbocycles. The van der Waals surface area contributed by atoms with Crippen LogP contribution in [0.25, 0.3) is 0 Å². The highest BCUT2D eigenvalue weighted by atomic mass is 32.2. The molecule has 2 aromatic heterocycles. The second-order valence-corrected chi connectivity index (χ2v) is 13.8. The molecule has 2 atom stereocenters. The summed E-state index contributed by atoms with van der Waals surface area (Å²) in [6, 6.07) is 1.75. The van der Waals surface area contributed by atoms with Crippen LogP contribution in [-0.2, 0) is 27.5 Å². The van der Waals surface area contributed by atoms with Crippen molar-refractivity contribution in [2.24, 2.45) is 16.4 Å². The fraction of sp³-hybridized carbons (Fsp3) is 0.516. The molecule has 2 aliphatic rings. The van der Waals surface area contributed by atoms with Crippen molar-refractivity contribution in [2.45, 2.75) is 87.0 Å². The number of imidazole rings is 1. The number of amides is 1. The molecule has 1 amide bonds. The monoisotopic (exact) mass is 579 g/mol. The Morgan fingerprint density at radius 2 is 1.95 bits per heavy atom. The number of sulfone groups is 1. The van der Waals surface area contributed by atoms with Crippen molar-refractivity contribution >= 4 is 33.1 Å². The van der Waals surface area contributed by atoms with Crippen molar-refractivity contribution in [2.75, 3.05) is 11.1 Å². The van der Waals surface area contributed by atoms with E-state index in [9.17, 15) is 18.0 Å². The zero-order valence-corrected chi connectivity index (χ0v) is 26.0. The van der Waals surface area contributed by atoms with Gasteiger partial charge in [-0.2, -0.15) is 5.10 Å². The van der Waals surface area contributed by atoms with E-state index >= 15 is 0 Å². The number of Topliss-reactive ketones (excluding diaryl/α,β-unsaturated/α-hetero) is 1. The Morgan fingerprint density at radius 3 is 2.61 bits per heavy atom. The molecule has 0 radical (unpaired) electrons. The normalized spacial score (nSPS) is 21.3. The largest absolute Gasteiger partial charge is 0.310 e. The topological polar surface area (TPSA) is 123 Å². The van der Waals surface area contributed by atoms with Gasteiger partial charge in [0, 0.05) is 29.0 Å². The Balaban J connectivity index is 1.52. The number of hydrogen-bond donors (Lipinski definition) is 1. The van der Waals surface area contributed by atoms with E-state index in [2.05, 4.69) is 22.2 Å². The number of hydrogen-bond acceptors (Lipinski definition) is 7. The molecule has 0 fully saturated rings. The molecular weight excluding hydrogens is 538 g/mol. The molecule has 0 aromatic carbocycles. The molecule has 0 bridgehead atoms. The molecule has 0 aliphatic heterocycles. The SMILES string of the molecule is CCCc1nc(C)cn1/N=C(\C)C1(C)CCc2nc(NC(=O)CC3=CC=C(S(=O)(=O)CC)CC3C)cc(C)c2C1=O. The highest BCUT2D eigenvalue weighted by Crippen LogP contribution is 2.38. The number of carbonyl (C=O) groups excluding carboxylic acids is 2. The van der Waals surface area contributed by atoms with E-state index < -0.39 is 15.3 Å². The lowest BCUT2D eigenvalue weighted by Gasteiger charge is -2.33. The third kappa shape index (κ3) is 6.27. The number of anilines is 1. The minimum atomic E-state index is -3.24. The highest BCUT2D eigenvalue weighted by molar-refractivity contribution is 7.95. The first kappa shape index (κ1) is 30.6. The van der Waals surface area contributed by atoms with Crippen molar-refractivity contribution < 1.29 is 18.0 Å². The van der Waals surface area contributed by atoms with E-state index in [0.29, 0.717) is 41.2 Å². The Labute approximate surface area is 243 Å². The summed E-state index contributed by atoms with van der Waals surface area (Å²) in [5, 5.41) is 7.71. The molecule has 41 heavy (non-hydrogen) atoms. The average Bonchev–Trinajstić information content (AvgIpc) is 3.25. The van der Waals surface area contributed by atoms with Crippen molar-refractivity contribution in [1.29, 1.82) is 0 Å². The second-order valence-electron chi connectivity index (χ2n) is 11.5. The second kappa shape index (κ2) is 11.8. The summed E-state index contributed by atoms with van der Waals surface area (Å²) in [5.74, 6) is 1.08. The lowest BCUT2D eigenvalue weighted by molar-refractivity contribution is -0.115. The van der Waals surface area contributed by atoms with Gasteiger partial charge >= 0.3 is 0 Å². The maximum Gasteiger partial charge on any atom is 0.229 e. The zero-order valence-electron chi connectivity index (χ0n) is 25.2. The predicted octanol–water partition coefficient (Wildman–Crippen LogP) is 5.52. The van der Waals surface area contributed by atoms with Gasteiger partial charge in [-0.1, -0.05) is 32.4 Å². The maximum atomic E-state index is 13.9. The number of carbonyl (C=O) groups is 2. The number of nitrogens with one attached hydrogen (secondary N) is 1. The maximum absolute atomic E-state index is 13.9. The van der Waals surface area contributed by atoms with Gasteiger partial charge < -0.3 is 5.32 Å². The number of allylic oxidation sites excluding steroid dienone is 3. The van der Waals surface area contributed by atoms with Crippen molar-refractivity contribution in [3.05, 3.63) is 63.2 Å². The molecular formula is C31H41N5O4S. The van der Waals surface area contributed by atoms with Crippen LogP contribution >= 0.6 is 0 Å². The van der Waals surface area contributed by atoms with Crippen LogP contribution in [-0.4, -0.2) is 46.2 Å². The molecule has 10 heteroatoms. The molecule has 1 N–H and O–H groups in total. The minimum absolute atomic E-state index is 0.0115. The minimum Gasteiger partial charge on any atom is -0.310 e. The number of nitrogens with zero attached hydrogens (tertiary/aromatic N) is 4. The molecule has 220 valence electrons. The van der Waals surface area contributed by atoms with Crippen LogP contribution in [0.3, 0.4) is 0 Å². The lowest BCUT2D eigenvalue weighted by atomic mass is 9.69.